The first-order valence-corrected chi connectivity index (χ1v) is 5.52. The molecule has 0 aromatic heterocycles. The van der Waals surface area contributed by atoms with E-state index in [4.69, 9.17) is 4.74 Å². The van der Waals surface area contributed by atoms with Crippen molar-refractivity contribution < 1.29 is 42.2 Å². The fraction of sp³-hybridized carbons (Fsp3) is 0.417. The third kappa shape index (κ3) is 4.64. The first-order valence-electron chi connectivity index (χ1n) is 4.73. The Balaban J connectivity index is 0.00000225. The molecule has 0 spiro atoms. The van der Waals surface area contributed by atoms with Crippen LogP contribution in [0.15, 0.2) is 22.7 Å². The van der Waals surface area contributed by atoms with Gasteiger partial charge in [-0.3, -0.25) is 0 Å². The van der Waals surface area contributed by atoms with Crippen molar-refractivity contribution in [2.24, 2.45) is 0 Å². The number of ether oxygens (including phenoxy) is 1. The van der Waals surface area contributed by atoms with Gasteiger partial charge in [0.1, 0.15) is 5.75 Å². The van der Waals surface area contributed by atoms with E-state index in [-0.39, 0.29) is 44.7 Å². The minimum absolute atomic E-state index is 0. The van der Waals surface area contributed by atoms with Gasteiger partial charge in [0, 0.05) is 42.7 Å². The maximum absolute atomic E-state index is 10.1. The van der Waals surface area contributed by atoms with Crippen LogP contribution in [0.4, 0.5) is 0 Å². The van der Waals surface area contributed by atoms with Gasteiger partial charge in [0.2, 0.25) is 0 Å². The van der Waals surface area contributed by atoms with Gasteiger partial charge in [-0.05, 0) is 30.2 Å². The van der Waals surface area contributed by atoms with Crippen molar-refractivity contribution in [3.63, 3.8) is 0 Å². The number of benzene rings is 1. The van der Waals surface area contributed by atoms with Gasteiger partial charge in [-0.1, -0.05) is 36.7 Å². The molecule has 0 saturated carbocycles. The van der Waals surface area contributed by atoms with E-state index < -0.39 is 0 Å². The molecule has 1 rings (SSSR count). The second-order valence-electron chi connectivity index (χ2n) is 4.32. The van der Waals surface area contributed by atoms with Crippen molar-refractivity contribution in [3.05, 3.63) is 28.2 Å². The van der Waals surface area contributed by atoms with Gasteiger partial charge in [0.15, 0.2) is 0 Å². The second-order valence-corrected chi connectivity index (χ2v) is 5.24. The largest absolute Gasteiger partial charge is 0.539 e. The van der Waals surface area contributed by atoms with Crippen molar-refractivity contribution in [1.29, 1.82) is 0 Å². The minimum atomic E-state index is -0.0231. The Morgan fingerprint density at radius 1 is 1.38 bits per heavy atom. The van der Waals surface area contributed by atoms with Gasteiger partial charge in [0.25, 0.3) is 0 Å². The maximum atomic E-state index is 10.1. The summed E-state index contributed by atoms with van der Waals surface area (Å²) >= 11 is 3.42. The van der Waals surface area contributed by atoms with Crippen LogP contribution in [0.1, 0.15) is 26.3 Å². The summed E-state index contributed by atoms with van der Waals surface area (Å²) in [4.78, 5) is 10.1. The first-order chi connectivity index (χ1) is 6.95. The molecule has 16 heavy (non-hydrogen) atoms. The van der Waals surface area contributed by atoms with Gasteiger partial charge < -0.3 is 9.53 Å². The molecule has 0 N–H and O–H groups in total. The Morgan fingerprint density at radius 3 is 2.50 bits per heavy atom. The Bertz CT molecular complexity index is 359. The summed E-state index contributed by atoms with van der Waals surface area (Å²) in [5.41, 5.74) is 1.06. The van der Waals surface area contributed by atoms with E-state index in [1.54, 1.807) is 6.29 Å². The zero-order valence-electron chi connectivity index (χ0n) is 9.71. The van der Waals surface area contributed by atoms with E-state index in [1.807, 2.05) is 18.2 Å². The molecule has 0 atom stereocenters. The number of carbonyl (C=O) groups excluding carboxylic acids is 1. The molecule has 2 nitrogen and oxygen atoms in total. The van der Waals surface area contributed by atoms with Crippen molar-refractivity contribution in [1.82, 2.24) is 0 Å². The van der Waals surface area contributed by atoms with E-state index in [9.17, 15) is 4.79 Å². The Morgan fingerprint density at radius 2 is 2.00 bits per heavy atom. The van der Waals surface area contributed by atoms with Crippen LogP contribution in [0.5, 0.6) is 5.75 Å². The molecule has 0 saturated heterocycles. The summed E-state index contributed by atoms with van der Waals surface area (Å²) in [7, 11) is 0. The maximum Gasteiger partial charge on any atom is 0.119 e. The van der Waals surface area contributed by atoms with Crippen molar-refractivity contribution in [2.45, 2.75) is 26.2 Å². The molecule has 1 radical (unpaired) electrons. The summed E-state index contributed by atoms with van der Waals surface area (Å²) in [6.07, 6.45) is 1.73. The number of halogens is 1. The molecule has 4 heteroatoms. The molecular formula is C12H14BrO2Y-. The van der Waals surface area contributed by atoms with Crippen LogP contribution < -0.4 is 4.74 Å². The smallest absolute Gasteiger partial charge is 0.119 e. The topological polar surface area (TPSA) is 26.3 Å². The van der Waals surface area contributed by atoms with E-state index >= 15 is 0 Å². The second kappa shape index (κ2) is 6.88. The number of hydrogen-bond acceptors (Lipinski definition) is 2. The van der Waals surface area contributed by atoms with E-state index in [0.717, 1.165) is 15.8 Å². The van der Waals surface area contributed by atoms with Crippen LogP contribution in [-0.2, 0) is 42.9 Å². The van der Waals surface area contributed by atoms with Crippen LogP contribution in [-0.4, -0.2) is 12.9 Å². The molecule has 85 valence electrons. The molecule has 0 unspecified atom stereocenters. The van der Waals surface area contributed by atoms with Crippen LogP contribution in [0.25, 0.3) is 0 Å². The molecule has 0 amide bonds. The fourth-order valence-electron chi connectivity index (χ4n) is 1.32. The normalized spacial score (nSPS) is 10.5. The molecule has 0 aliphatic carbocycles. The van der Waals surface area contributed by atoms with Gasteiger partial charge in [-0.15, -0.1) is 0 Å². The monoisotopic (exact) mass is 358 g/mol. The van der Waals surface area contributed by atoms with Crippen LogP contribution in [0, 0.1) is 0 Å². The van der Waals surface area contributed by atoms with E-state index in [2.05, 4.69) is 36.7 Å². The average Bonchev–Trinajstić information content (AvgIpc) is 2.14. The summed E-state index contributed by atoms with van der Waals surface area (Å²) in [5.74, 6) is 0.744. The summed E-state index contributed by atoms with van der Waals surface area (Å²) in [6.45, 7) is 6.29. The molecule has 0 aliphatic heterocycles. The molecule has 0 bridgehead atoms. The predicted octanol–water partition coefficient (Wildman–Crippen LogP) is 3.23. The molecular weight excluding hydrogens is 345 g/mol. The van der Waals surface area contributed by atoms with Gasteiger partial charge in [0.05, 0.1) is 0 Å². The third-order valence-electron chi connectivity index (χ3n) is 2.04. The van der Waals surface area contributed by atoms with Crippen molar-refractivity contribution >= 4 is 22.2 Å². The summed E-state index contributed by atoms with van der Waals surface area (Å²) in [6, 6.07) is 5.78. The molecule has 1 aromatic carbocycles. The van der Waals surface area contributed by atoms with E-state index in [0.29, 0.717) is 0 Å². The number of hydrogen-bond donors (Lipinski definition) is 0. The molecule has 0 fully saturated rings. The predicted molar refractivity (Wildman–Crippen MR) is 64.0 cm³/mol. The summed E-state index contributed by atoms with van der Waals surface area (Å²) < 4.78 is 6.33. The Hall–Kier alpha value is 0.274. The fourth-order valence-corrected chi connectivity index (χ4v) is 1.68. The molecule has 0 aliphatic rings. The standard InChI is InChI=1S/C12H14BrO2.Y/c1-12(2,3)10-8-9(13)4-5-11(10)15-7-6-14;/h4-5,8H,7H2,1-3H3;/q-1;. The van der Waals surface area contributed by atoms with Crippen LogP contribution >= 0.6 is 15.9 Å². The molecule has 0 heterocycles. The number of rotatable bonds is 3. The SMILES string of the molecule is CC(C)(C)c1cc(Br)ccc1OC[C-]=O.[Y]. The average molecular weight is 359 g/mol. The van der Waals surface area contributed by atoms with Crippen molar-refractivity contribution in [2.75, 3.05) is 6.61 Å². The first kappa shape index (κ1) is 16.3. The molecule has 1 aromatic rings. The van der Waals surface area contributed by atoms with E-state index in [1.165, 1.54) is 0 Å². The quantitative estimate of drug-likeness (QED) is 0.775. The van der Waals surface area contributed by atoms with Crippen LogP contribution in [0.2, 0.25) is 0 Å². The van der Waals surface area contributed by atoms with Gasteiger partial charge in [-0.25, -0.2) is 6.29 Å². The zero-order valence-corrected chi connectivity index (χ0v) is 14.1. The minimum Gasteiger partial charge on any atom is -0.539 e. The Labute approximate surface area is 130 Å². The van der Waals surface area contributed by atoms with Gasteiger partial charge >= 0.3 is 0 Å². The van der Waals surface area contributed by atoms with Crippen LogP contribution in [0.3, 0.4) is 0 Å². The third-order valence-corrected chi connectivity index (χ3v) is 2.53. The van der Waals surface area contributed by atoms with Gasteiger partial charge in [-0.2, -0.15) is 0 Å². The zero-order chi connectivity index (χ0) is 11.5. The van der Waals surface area contributed by atoms with Crippen molar-refractivity contribution in [3.8, 4) is 5.75 Å². The Kier molecular flexibility index (Phi) is 6.99. The summed E-state index contributed by atoms with van der Waals surface area (Å²) in [5, 5.41) is 0.